The van der Waals surface area contributed by atoms with E-state index in [0.29, 0.717) is 19.0 Å². The van der Waals surface area contributed by atoms with Crippen molar-refractivity contribution in [3.05, 3.63) is 0 Å². The van der Waals surface area contributed by atoms with Crippen molar-refractivity contribution in [2.45, 2.75) is 31.9 Å². The molecular weight excluding hydrogens is 227 g/mol. The van der Waals surface area contributed by atoms with E-state index in [0.717, 1.165) is 19.4 Å². The molecule has 1 saturated heterocycles. The van der Waals surface area contributed by atoms with Crippen molar-refractivity contribution in [1.29, 1.82) is 0 Å². The summed E-state index contributed by atoms with van der Waals surface area (Å²) in [6.07, 6.45) is -1.56. The predicted molar refractivity (Wildman–Crippen MR) is 55.2 cm³/mol. The molecule has 1 rings (SSSR count). The Bertz CT molecular complexity index is 176. The molecule has 0 unspecified atom stereocenters. The van der Waals surface area contributed by atoms with E-state index in [4.69, 9.17) is 11.6 Å². The first-order chi connectivity index (χ1) is 7.04. The van der Waals surface area contributed by atoms with Gasteiger partial charge in [-0.3, -0.25) is 0 Å². The Morgan fingerprint density at radius 2 is 1.73 bits per heavy atom. The highest BCUT2D eigenvalue weighted by atomic mass is 35.5. The van der Waals surface area contributed by atoms with Crippen LogP contribution in [0.3, 0.4) is 0 Å². The largest absolute Gasteiger partial charge is 0.391 e. The van der Waals surface area contributed by atoms with Crippen molar-refractivity contribution >= 4 is 11.6 Å². The monoisotopic (exact) mass is 243 g/mol. The smallest absolute Gasteiger partial charge is 0.303 e. The third-order valence-corrected chi connectivity index (χ3v) is 3.18. The molecule has 0 atom stereocenters. The Kier molecular flexibility index (Phi) is 5.19. The lowest BCUT2D eigenvalue weighted by Gasteiger charge is -2.32. The highest BCUT2D eigenvalue weighted by Gasteiger charge is 2.40. The molecule has 0 bridgehead atoms. The SMILES string of the molecule is FC(F)(F)C1CCN(CCCCCl)CC1. The Labute approximate surface area is 93.6 Å². The third kappa shape index (κ3) is 4.60. The van der Waals surface area contributed by atoms with Gasteiger partial charge >= 0.3 is 6.18 Å². The summed E-state index contributed by atoms with van der Waals surface area (Å²) < 4.78 is 37.0. The molecule has 1 nitrogen and oxygen atoms in total. The molecule has 15 heavy (non-hydrogen) atoms. The lowest BCUT2D eigenvalue weighted by molar-refractivity contribution is -0.185. The maximum atomic E-state index is 12.3. The fourth-order valence-corrected chi connectivity index (χ4v) is 2.10. The van der Waals surface area contributed by atoms with E-state index in [1.165, 1.54) is 0 Å². The minimum absolute atomic E-state index is 0.254. The van der Waals surface area contributed by atoms with Gasteiger partial charge in [-0.15, -0.1) is 11.6 Å². The molecule has 0 aromatic rings. The number of piperidine rings is 1. The van der Waals surface area contributed by atoms with Gasteiger partial charge in [0.05, 0.1) is 5.92 Å². The molecule has 0 aromatic carbocycles. The number of alkyl halides is 4. The summed E-state index contributed by atoms with van der Waals surface area (Å²) in [5, 5.41) is 0. The fraction of sp³-hybridized carbons (Fsp3) is 1.00. The standard InChI is InChI=1S/C10H17ClF3N/c11-5-1-2-6-15-7-3-9(4-8-15)10(12,13)14/h9H,1-8H2. The summed E-state index contributed by atoms with van der Waals surface area (Å²) in [5.74, 6) is -0.444. The van der Waals surface area contributed by atoms with Gasteiger partial charge in [0.25, 0.3) is 0 Å². The van der Waals surface area contributed by atoms with Crippen LogP contribution in [0, 0.1) is 5.92 Å². The molecule has 1 aliphatic heterocycles. The van der Waals surface area contributed by atoms with Crippen LogP contribution in [0.15, 0.2) is 0 Å². The minimum atomic E-state index is -4.00. The van der Waals surface area contributed by atoms with Crippen molar-refractivity contribution in [2.75, 3.05) is 25.5 Å². The molecule has 0 radical (unpaired) electrons. The first-order valence-corrected chi connectivity index (χ1v) is 5.92. The van der Waals surface area contributed by atoms with Crippen molar-refractivity contribution in [3.63, 3.8) is 0 Å². The zero-order valence-electron chi connectivity index (χ0n) is 8.69. The van der Waals surface area contributed by atoms with Crippen LogP contribution in [-0.4, -0.2) is 36.6 Å². The van der Waals surface area contributed by atoms with Gasteiger partial charge in [-0.1, -0.05) is 0 Å². The summed E-state index contributed by atoms with van der Waals surface area (Å²) >= 11 is 5.53. The van der Waals surface area contributed by atoms with Crippen LogP contribution in [0.25, 0.3) is 0 Å². The van der Waals surface area contributed by atoms with Gasteiger partial charge < -0.3 is 4.90 Å². The Morgan fingerprint density at radius 3 is 2.20 bits per heavy atom. The molecule has 5 heteroatoms. The number of nitrogens with zero attached hydrogens (tertiary/aromatic N) is 1. The van der Waals surface area contributed by atoms with Gasteiger partial charge in [0.2, 0.25) is 0 Å². The van der Waals surface area contributed by atoms with Crippen LogP contribution in [0.4, 0.5) is 13.2 Å². The summed E-state index contributed by atoms with van der Waals surface area (Å²) in [6, 6.07) is 0. The Hall–Kier alpha value is 0.0400. The molecule has 90 valence electrons. The normalized spacial score (nSPS) is 20.8. The van der Waals surface area contributed by atoms with Gasteiger partial charge in [0.15, 0.2) is 0 Å². The fourth-order valence-electron chi connectivity index (χ4n) is 1.91. The number of unbranched alkanes of at least 4 members (excludes halogenated alkanes) is 1. The topological polar surface area (TPSA) is 3.24 Å². The van der Waals surface area contributed by atoms with Crippen LogP contribution in [0.2, 0.25) is 0 Å². The molecule has 0 aliphatic carbocycles. The highest BCUT2D eigenvalue weighted by molar-refractivity contribution is 6.17. The summed E-state index contributed by atoms with van der Waals surface area (Å²) in [4.78, 5) is 2.11. The number of likely N-dealkylation sites (tertiary alicyclic amines) is 1. The van der Waals surface area contributed by atoms with Crippen LogP contribution < -0.4 is 0 Å². The molecule has 0 amide bonds. The van der Waals surface area contributed by atoms with E-state index < -0.39 is 12.1 Å². The Balaban J connectivity index is 2.18. The average Bonchev–Trinajstić information content (AvgIpc) is 2.18. The second-order valence-electron chi connectivity index (χ2n) is 4.05. The van der Waals surface area contributed by atoms with Gasteiger partial charge in [-0.05, 0) is 45.3 Å². The minimum Gasteiger partial charge on any atom is -0.303 e. The summed E-state index contributed by atoms with van der Waals surface area (Å²) in [6.45, 7) is 2.04. The second-order valence-corrected chi connectivity index (χ2v) is 4.43. The molecule has 0 spiro atoms. The van der Waals surface area contributed by atoms with Gasteiger partial charge in [-0.25, -0.2) is 0 Å². The van der Waals surface area contributed by atoms with Crippen LogP contribution >= 0.6 is 11.6 Å². The maximum absolute atomic E-state index is 12.3. The van der Waals surface area contributed by atoms with E-state index in [2.05, 4.69) is 4.90 Å². The zero-order chi connectivity index (χ0) is 11.3. The maximum Gasteiger partial charge on any atom is 0.391 e. The van der Waals surface area contributed by atoms with Gasteiger partial charge in [-0.2, -0.15) is 13.2 Å². The number of halogens is 4. The highest BCUT2D eigenvalue weighted by Crippen LogP contribution is 2.33. The summed E-state index contributed by atoms with van der Waals surface area (Å²) in [7, 11) is 0. The quantitative estimate of drug-likeness (QED) is 0.541. The molecule has 1 fully saturated rings. The average molecular weight is 244 g/mol. The van der Waals surface area contributed by atoms with E-state index in [1.807, 2.05) is 0 Å². The van der Waals surface area contributed by atoms with E-state index >= 15 is 0 Å². The molecule has 1 heterocycles. The lowest BCUT2D eigenvalue weighted by atomic mass is 9.96. The van der Waals surface area contributed by atoms with Crippen molar-refractivity contribution in [1.82, 2.24) is 4.90 Å². The molecule has 1 aliphatic rings. The lowest BCUT2D eigenvalue weighted by Crippen LogP contribution is -2.39. The molecule has 0 saturated carbocycles. The van der Waals surface area contributed by atoms with Crippen molar-refractivity contribution in [2.24, 2.45) is 5.92 Å². The zero-order valence-corrected chi connectivity index (χ0v) is 9.45. The van der Waals surface area contributed by atoms with Crippen LogP contribution in [0.5, 0.6) is 0 Å². The first-order valence-electron chi connectivity index (χ1n) is 5.39. The second kappa shape index (κ2) is 5.94. The number of rotatable bonds is 4. The van der Waals surface area contributed by atoms with E-state index in [-0.39, 0.29) is 12.8 Å². The Morgan fingerprint density at radius 1 is 1.13 bits per heavy atom. The van der Waals surface area contributed by atoms with Crippen LogP contribution in [0.1, 0.15) is 25.7 Å². The summed E-state index contributed by atoms with van der Waals surface area (Å²) in [5.41, 5.74) is 0. The number of hydrogen-bond donors (Lipinski definition) is 0. The molecule has 0 aromatic heterocycles. The van der Waals surface area contributed by atoms with Crippen molar-refractivity contribution in [3.8, 4) is 0 Å². The van der Waals surface area contributed by atoms with Crippen LogP contribution in [-0.2, 0) is 0 Å². The van der Waals surface area contributed by atoms with Crippen molar-refractivity contribution < 1.29 is 13.2 Å². The molecule has 0 N–H and O–H groups in total. The van der Waals surface area contributed by atoms with Gasteiger partial charge in [0.1, 0.15) is 0 Å². The predicted octanol–water partition coefficient (Wildman–Crippen LogP) is 3.28. The van der Waals surface area contributed by atoms with E-state index in [9.17, 15) is 13.2 Å². The number of hydrogen-bond acceptors (Lipinski definition) is 1. The third-order valence-electron chi connectivity index (χ3n) is 2.91. The van der Waals surface area contributed by atoms with Gasteiger partial charge in [0, 0.05) is 5.88 Å². The molecular formula is C10H17ClF3N. The first kappa shape index (κ1) is 13.1. The van der Waals surface area contributed by atoms with E-state index in [1.54, 1.807) is 0 Å².